The Bertz CT molecular complexity index is 232. The van der Waals surface area contributed by atoms with E-state index in [-0.39, 0.29) is 11.7 Å². The molecule has 1 heterocycles. The van der Waals surface area contributed by atoms with E-state index in [4.69, 9.17) is 10.5 Å². The molecule has 1 aliphatic rings. The van der Waals surface area contributed by atoms with Gasteiger partial charge < -0.3 is 15.3 Å². The van der Waals surface area contributed by atoms with Gasteiger partial charge in [0, 0.05) is 19.6 Å². The molecule has 0 spiro atoms. The minimum Gasteiger partial charge on any atom is -0.381 e. The molecule has 4 heteroatoms. The molecule has 0 atom stereocenters. The predicted octanol–water partition coefficient (Wildman–Crippen LogP) is 0.638. The van der Waals surface area contributed by atoms with Gasteiger partial charge in [0.25, 0.3) is 0 Å². The Morgan fingerprint density at radius 3 is 2.36 bits per heavy atom. The number of amides is 1. The quantitative estimate of drug-likeness (QED) is 0.722. The van der Waals surface area contributed by atoms with E-state index < -0.39 is 5.41 Å². The van der Waals surface area contributed by atoms with Crippen molar-refractivity contribution in [3.8, 4) is 0 Å². The lowest BCUT2D eigenvalue weighted by Gasteiger charge is -2.33. The highest BCUT2D eigenvalue weighted by atomic mass is 16.5. The first-order valence-corrected chi connectivity index (χ1v) is 4.94. The van der Waals surface area contributed by atoms with Crippen molar-refractivity contribution in [1.29, 1.82) is 0 Å². The summed E-state index contributed by atoms with van der Waals surface area (Å²) in [5.74, 6) is -0.181. The Morgan fingerprint density at radius 2 is 1.93 bits per heavy atom. The fourth-order valence-electron chi connectivity index (χ4n) is 1.80. The molecular formula is C10H17NO3. The second-order valence-corrected chi connectivity index (χ2v) is 3.96. The Morgan fingerprint density at radius 1 is 1.36 bits per heavy atom. The summed E-state index contributed by atoms with van der Waals surface area (Å²) >= 11 is 0. The zero-order chi connectivity index (χ0) is 10.6. The van der Waals surface area contributed by atoms with Crippen LogP contribution < -0.4 is 5.73 Å². The van der Waals surface area contributed by atoms with Gasteiger partial charge in [0.05, 0.1) is 5.41 Å². The van der Waals surface area contributed by atoms with Crippen LogP contribution in [-0.4, -0.2) is 24.9 Å². The molecule has 1 rings (SSSR count). The Hall–Kier alpha value is -0.900. The SMILES string of the molecule is CC(=O)CCC1(C(N)=O)CCOCC1. The first-order valence-electron chi connectivity index (χ1n) is 4.94. The van der Waals surface area contributed by atoms with Gasteiger partial charge in [0.1, 0.15) is 5.78 Å². The lowest BCUT2D eigenvalue weighted by Crippen LogP contribution is -2.42. The highest BCUT2D eigenvalue weighted by Gasteiger charge is 2.37. The molecule has 14 heavy (non-hydrogen) atoms. The van der Waals surface area contributed by atoms with Crippen LogP contribution in [0.1, 0.15) is 32.6 Å². The van der Waals surface area contributed by atoms with Gasteiger partial charge in [-0.05, 0) is 26.2 Å². The summed E-state index contributed by atoms with van der Waals surface area (Å²) in [7, 11) is 0. The zero-order valence-electron chi connectivity index (χ0n) is 8.54. The number of hydrogen-bond acceptors (Lipinski definition) is 3. The van der Waals surface area contributed by atoms with Crippen LogP contribution in [0.3, 0.4) is 0 Å². The number of ketones is 1. The lowest BCUT2D eigenvalue weighted by molar-refractivity contribution is -0.134. The zero-order valence-corrected chi connectivity index (χ0v) is 8.54. The molecule has 0 unspecified atom stereocenters. The smallest absolute Gasteiger partial charge is 0.223 e. The van der Waals surface area contributed by atoms with Gasteiger partial charge in [0.2, 0.25) is 5.91 Å². The van der Waals surface area contributed by atoms with E-state index in [1.165, 1.54) is 6.92 Å². The number of carbonyl (C=O) groups is 2. The number of hydrogen-bond donors (Lipinski definition) is 1. The van der Waals surface area contributed by atoms with Gasteiger partial charge in [-0.2, -0.15) is 0 Å². The summed E-state index contributed by atoms with van der Waals surface area (Å²) in [5.41, 5.74) is 4.89. The number of ether oxygens (including phenoxy) is 1. The molecule has 0 saturated carbocycles. The number of nitrogens with two attached hydrogens (primary N) is 1. The molecule has 0 radical (unpaired) electrons. The highest BCUT2D eigenvalue weighted by molar-refractivity contribution is 5.82. The third-order valence-corrected chi connectivity index (χ3v) is 2.93. The van der Waals surface area contributed by atoms with Crippen molar-refractivity contribution in [3.63, 3.8) is 0 Å². The summed E-state index contributed by atoms with van der Waals surface area (Å²) in [6, 6.07) is 0. The molecule has 2 N–H and O–H groups in total. The Balaban J connectivity index is 2.60. The predicted molar refractivity (Wildman–Crippen MR) is 51.6 cm³/mol. The monoisotopic (exact) mass is 199 g/mol. The maximum Gasteiger partial charge on any atom is 0.223 e. The molecule has 1 saturated heterocycles. The van der Waals surface area contributed by atoms with Gasteiger partial charge in [-0.15, -0.1) is 0 Å². The molecule has 0 aromatic heterocycles. The fourth-order valence-corrected chi connectivity index (χ4v) is 1.80. The molecule has 4 nitrogen and oxygen atoms in total. The Labute approximate surface area is 83.8 Å². The van der Waals surface area contributed by atoms with Crippen LogP contribution in [0.15, 0.2) is 0 Å². The summed E-state index contributed by atoms with van der Waals surface area (Å²) in [6.07, 6.45) is 2.30. The number of rotatable bonds is 4. The van der Waals surface area contributed by atoms with Gasteiger partial charge in [-0.25, -0.2) is 0 Å². The van der Waals surface area contributed by atoms with E-state index in [9.17, 15) is 9.59 Å². The average molecular weight is 199 g/mol. The van der Waals surface area contributed by atoms with E-state index in [1.54, 1.807) is 0 Å². The van der Waals surface area contributed by atoms with Crippen LogP contribution in [0.25, 0.3) is 0 Å². The van der Waals surface area contributed by atoms with Crippen LogP contribution in [0.4, 0.5) is 0 Å². The second-order valence-electron chi connectivity index (χ2n) is 3.96. The van der Waals surface area contributed by atoms with E-state index >= 15 is 0 Å². The van der Waals surface area contributed by atoms with Crippen LogP contribution in [0.5, 0.6) is 0 Å². The van der Waals surface area contributed by atoms with E-state index in [0.717, 1.165) is 0 Å². The van der Waals surface area contributed by atoms with Crippen LogP contribution in [0.2, 0.25) is 0 Å². The normalized spacial score (nSPS) is 20.4. The molecule has 1 fully saturated rings. The molecule has 80 valence electrons. The maximum atomic E-state index is 11.3. The lowest BCUT2D eigenvalue weighted by atomic mass is 9.75. The third-order valence-electron chi connectivity index (χ3n) is 2.93. The summed E-state index contributed by atoms with van der Waals surface area (Å²) in [4.78, 5) is 22.2. The number of carbonyl (C=O) groups excluding carboxylic acids is 2. The summed E-state index contributed by atoms with van der Waals surface area (Å²) in [5, 5.41) is 0. The van der Waals surface area contributed by atoms with Crippen molar-refractivity contribution in [1.82, 2.24) is 0 Å². The third kappa shape index (κ3) is 2.54. The van der Waals surface area contributed by atoms with Gasteiger partial charge >= 0.3 is 0 Å². The van der Waals surface area contributed by atoms with Gasteiger partial charge in [-0.3, -0.25) is 4.79 Å². The van der Waals surface area contributed by atoms with Gasteiger partial charge in [-0.1, -0.05) is 0 Å². The molecule has 0 bridgehead atoms. The van der Waals surface area contributed by atoms with Crippen LogP contribution >= 0.6 is 0 Å². The first kappa shape index (κ1) is 11.2. The maximum absolute atomic E-state index is 11.3. The molecule has 0 aliphatic carbocycles. The molecule has 0 aromatic rings. The minimum atomic E-state index is -0.496. The largest absolute Gasteiger partial charge is 0.381 e. The minimum absolute atomic E-state index is 0.108. The van der Waals surface area contributed by atoms with Crippen molar-refractivity contribution in [2.75, 3.05) is 13.2 Å². The second kappa shape index (κ2) is 4.55. The van der Waals surface area contributed by atoms with Gasteiger partial charge in [0.15, 0.2) is 0 Å². The summed E-state index contributed by atoms with van der Waals surface area (Å²) in [6.45, 7) is 2.68. The molecule has 0 aromatic carbocycles. The van der Waals surface area contributed by atoms with Crippen LogP contribution in [-0.2, 0) is 14.3 Å². The fraction of sp³-hybridized carbons (Fsp3) is 0.800. The summed E-state index contributed by atoms with van der Waals surface area (Å²) < 4.78 is 5.19. The number of primary amides is 1. The van der Waals surface area contributed by atoms with E-state index in [0.29, 0.717) is 38.9 Å². The van der Waals surface area contributed by atoms with E-state index in [2.05, 4.69) is 0 Å². The van der Waals surface area contributed by atoms with Crippen LogP contribution in [0, 0.1) is 5.41 Å². The first-order chi connectivity index (χ1) is 6.57. The number of Topliss-reactive ketones (excluding diaryl/α,β-unsaturated/α-hetero) is 1. The molecule has 1 aliphatic heterocycles. The van der Waals surface area contributed by atoms with Crippen molar-refractivity contribution >= 4 is 11.7 Å². The van der Waals surface area contributed by atoms with E-state index in [1.807, 2.05) is 0 Å². The average Bonchev–Trinajstić information content (AvgIpc) is 2.16. The van der Waals surface area contributed by atoms with Crippen molar-refractivity contribution in [2.45, 2.75) is 32.6 Å². The molecular weight excluding hydrogens is 182 g/mol. The van der Waals surface area contributed by atoms with Crippen molar-refractivity contribution in [3.05, 3.63) is 0 Å². The topological polar surface area (TPSA) is 69.4 Å². The Kier molecular flexibility index (Phi) is 3.63. The van der Waals surface area contributed by atoms with Crippen molar-refractivity contribution in [2.24, 2.45) is 11.1 Å². The standard InChI is InChI=1S/C10H17NO3/c1-8(12)2-3-10(9(11)13)4-6-14-7-5-10/h2-7H2,1H3,(H2,11,13). The molecule has 1 amide bonds. The van der Waals surface area contributed by atoms with Crippen molar-refractivity contribution < 1.29 is 14.3 Å². The highest BCUT2D eigenvalue weighted by Crippen LogP contribution is 2.35.